The summed E-state index contributed by atoms with van der Waals surface area (Å²) in [6, 6.07) is 12.7. The molecule has 116 valence electrons. The van der Waals surface area contributed by atoms with E-state index in [-0.39, 0.29) is 5.91 Å². The Hall–Kier alpha value is -2.79. The number of hydrogen-bond donors (Lipinski definition) is 2. The summed E-state index contributed by atoms with van der Waals surface area (Å²) >= 11 is 5.92. The van der Waals surface area contributed by atoms with Crippen molar-refractivity contribution in [1.29, 1.82) is 0 Å². The van der Waals surface area contributed by atoms with Gasteiger partial charge in [0.25, 0.3) is 5.91 Å². The molecule has 5 nitrogen and oxygen atoms in total. The Balaban J connectivity index is 1.78. The number of carbonyl (C=O) groups excluding carboxylic acids is 1. The monoisotopic (exact) mass is 327 g/mol. The SMILES string of the molecule is COc1ccc(Cl)cc1C(=O)NN=Cc1c[nH]c2ccccc12. The zero-order valence-electron chi connectivity index (χ0n) is 12.3. The third-order valence-corrected chi connectivity index (χ3v) is 3.63. The second kappa shape index (κ2) is 6.54. The summed E-state index contributed by atoms with van der Waals surface area (Å²) < 4.78 is 5.15. The number of nitrogens with one attached hydrogen (secondary N) is 2. The van der Waals surface area contributed by atoms with Crippen LogP contribution in [0.3, 0.4) is 0 Å². The van der Waals surface area contributed by atoms with Crippen molar-refractivity contribution in [2.24, 2.45) is 5.10 Å². The van der Waals surface area contributed by atoms with Gasteiger partial charge >= 0.3 is 0 Å². The molecule has 0 unspecified atom stereocenters. The van der Waals surface area contributed by atoms with Crippen LogP contribution in [0, 0.1) is 0 Å². The summed E-state index contributed by atoms with van der Waals surface area (Å²) in [7, 11) is 1.50. The molecule has 1 heterocycles. The van der Waals surface area contributed by atoms with Crippen LogP contribution in [0.25, 0.3) is 10.9 Å². The normalized spacial score (nSPS) is 11.0. The van der Waals surface area contributed by atoms with E-state index in [0.29, 0.717) is 16.3 Å². The molecule has 2 N–H and O–H groups in total. The number of para-hydroxylation sites is 1. The number of hydrogen-bond acceptors (Lipinski definition) is 3. The predicted octanol–water partition coefficient (Wildman–Crippen LogP) is 3.59. The van der Waals surface area contributed by atoms with Crippen LogP contribution >= 0.6 is 11.6 Å². The van der Waals surface area contributed by atoms with Crippen molar-refractivity contribution >= 4 is 34.6 Å². The van der Waals surface area contributed by atoms with Crippen molar-refractivity contribution < 1.29 is 9.53 Å². The number of carbonyl (C=O) groups is 1. The number of fused-ring (bicyclic) bond motifs is 1. The van der Waals surface area contributed by atoms with Gasteiger partial charge < -0.3 is 9.72 Å². The molecule has 0 spiro atoms. The Bertz CT molecular complexity index is 886. The number of nitrogens with zero attached hydrogens (tertiary/aromatic N) is 1. The first-order valence-electron chi connectivity index (χ1n) is 6.92. The summed E-state index contributed by atoms with van der Waals surface area (Å²) in [5, 5.41) is 5.49. The lowest BCUT2D eigenvalue weighted by Crippen LogP contribution is -2.18. The van der Waals surface area contributed by atoms with Crippen LogP contribution in [0.15, 0.2) is 53.8 Å². The molecule has 0 atom stereocenters. The fraction of sp³-hybridized carbons (Fsp3) is 0.0588. The number of rotatable bonds is 4. The Kier molecular flexibility index (Phi) is 4.30. The number of amides is 1. The number of aromatic nitrogens is 1. The molecule has 2 aromatic carbocycles. The van der Waals surface area contributed by atoms with E-state index in [1.807, 2.05) is 30.5 Å². The smallest absolute Gasteiger partial charge is 0.275 e. The first-order chi connectivity index (χ1) is 11.2. The van der Waals surface area contributed by atoms with Gasteiger partial charge in [-0.05, 0) is 24.3 Å². The number of benzene rings is 2. The van der Waals surface area contributed by atoms with Crippen molar-refractivity contribution in [1.82, 2.24) is 10.4 Å². The molecule has 0 aliphatic rings. The predicted molar refractivity (Wildman–Crippen MR) is 91.4 cm³/mol. The van der Waals surface area contributed by atoms with Gasteiger partial charge in [0.2, 0.25) is 0 Å². The summed E-state index contributed by atoms with van der Waals surface area (Å²) in [6.45, 7) is 0. The Morgan fingerprint density at radius 1 is 1.30 bits per heavy atom. The van der Waals surface area contributed by atoms with Crippen LogP contribution in [0.2, 0.25) is 5.02 Å². The molecule has 0 aliphatic heterocycles. The van der Waals surface area contributed by atoms with Crippen molar-refractivity contribution in [2.45, 2.75) is 0 Å². The maximum absolute atomic E-state index is 12.2. The highest BCUT2D eigenvalue weighted by Gasteiger charge is 2.12. The molecule has 0 fully saturated rings. The molecule has 1 aromatic heterocycles. The number of methoxy groups -OCH3 is 1. The average Bonchev–Trinajstić information content (AvgIpc) is 2.98. The second-order valence-electron chi connectivity index (χ2n) is 4.83. The molecular weight excluding hydrogens is 314 g/mol. The summed E-state index contributed by atoms with van der Waals surface area (Å²) in [4.78, 5) is 15.3. The largest absolute Gasteiger partial charge is 0.496 e. The Labute approximate surface area is 137 Å². The third-order valence-electron chi connectivity index (χ3n) is 3.40. The van der Waals surface area contributed by atoms with Gasteiger partial charge in [-0.2, -0.15) is 5.10 Å². The van der Waals surface area contributed by atoms with Crippen molar-refractivity contribution in [2.75, 3.05) is 7.11 Å². The standard InChI is InChI=1S/C17H14ClN3O2/c1-23-16-7-6-12(18)8-14(16)17(22)21-20-10-11-9-19-15-5-3-2-4-13(11)15/h2-10,19H,1H3,(H,21,22). The fourth-order valence-corrected chi connectivity index (χ4v) is 2.45. The maximum Gasteiger partial charge on any atom is 0.275 e. The molecule has 3 aromatic rings. The van der Waals surface area contributed by atoms with Gasteiger partial charge in [0.1, 0.15) is 5.75 Å². The summed E-state index contributed by atoms with van der Waals surface area (Å²) in [5.74, 6) is 0.0506. The molecule has 0 bridgehead atoms. The van der Waals surface area contributed by atoms with Crippen LogP contribution in [0.4, 0.5) is 0 Å². The topological polar surface area (TPSA) is 66.5 Å². The van der Waals surface area contributed by atoms with Crippen LogP contribution in [0.5, 0.6) is 5.75 Å². The van der Waals surface area contributed by atoms with E-state index < -0.39 is 0 Å². The van der Waals surface area contributed by atoms with E-state index in [1.165, 1.54) is 13.2 Å². The van der Waals surface area contributed by atoms with E-state index in [0.717, 1.165) is 16.5 Å². The van der Waals surface area contributed by atoms with E-state index in [2.05, 4.69) is 15.5 Å². The molecule has 1 amide bonds. The highest BCUT2D eigenvalue weighted by atomic mass is 35.5. The van der Waals surface area contributed by atoms with Gasteiger partial charge in [-0.3, -0.25) is 4.79 Å². The second-order valence-corrected chi connectivity index (χ2v) is 5.27. The number of hydrazone groups is 1. The van der Waals surface area contributed by atoms with Crippen LogP contribution in [-0.2, 0) is 0 Å². The first-order valence-corrected chi connectivity index (χ1v) is 7.30. The van der Waals surface area contributed by atoms with Gasteiger partial charge in [0.15, 0.2) is 0 Å². The minimum atomic E-state index is -0.388. The average molecular weight is 328 g/mol. The first kappa shape index (κ1) is 15.1. The number of H-pyrrole nitrogens is 1. The minimum absolute atomic E-state index is 0.330. The van der Waals surface area contributed by atoms with Gasteiger partial charge in [0.05, 0.1) is 18.9 Å². The van der Waals surface area contributed by atoms with Crippen molar-refractivity contribution in [3.63, 3.8) is 0 Å². The van der Waals surface area contributed by atoms with E-state index >= 15 is 0 Å². The number of ether oxygens (including phenoxy) is 1. The quantitative estimate of drug-likeness (QED) is 0.568. The van der Waals surface area contributed by atoms with Gasteiger partial charge in [-0.15, -0.1) is 0 Å². The summed E-state index contributed by atoms with van der Waals surface area (Å²) in [6.07, 6.45) is 3.42. The highest BCUT2D eigenvalue weighted by molar-refractivity contribution is 6.31. The third kappa shape index (κ3) is 3.19. The van der Waals surface area contributed by atoms with E-state index in [4.69, 9.17) is 16.3 Å². The number of halogens is 1. The van der Waals surface area contributed by atoms with Crippen molar-refractivity contribution in [3.8, 4) is 5.75 Å². The Morgan fingerprint density at radius 2 is 2.13 bits per heavy atom. The van der Waals surface area contributed by atoms with Gasteiger partial charge in [-0.25, -0.2) is 5.43 Å². The maximum atomic E-state index is 12.2. The van der Waals surface area contributed by atoms with Crippen LogP contribution in [-0.4, -0.2) is 24.2 Å². The molecule has 3 rings (SSSR count). The fourth-order valence-electron chi connectivity index (χ4n) is 2.28. The van der Waals surface area contributed by atoms with Crippen LogP contribution in [0.1, 0.15) is 15.9 Å². The lowest BCUT2D eigenvalue weighted by molar-refractivity contribution is 0.0952. The zero-order valence-corrected chi connectivity index (χ0v) is 13.1. The summed E-state index contributed by atoms with van der Waals surface area (Å²) in [5.41, 5.74) is 4.71. The van der Waals surface area contributed by atoms with E-state index in [9.17, 15) is 4.79 Å². The molecule has 23 heavy (non-hydrogen) atoms. The van der Waals surface area contributed by atoms with Crippen LogP contribution < -0.4 is 10.2 Å². The molecule has 6 heteroatoms. The zero-order chi connectivity index (χ0) is 16.2. The van der Waals surface area contributed by atoms with Gasteiger partial charge in [0, 0.05) is 27.7 Å². The molecule has 0 aliphatic carbocycles. The number of aromatic amines is 1. The van der Waals surface area contributed by atoms with Crippen molar-refractivity contribution in [3.05, 3.63) is 64.8 Å². The molecule has 0 saturated carbocycles. The molecular formula is C17H14ClN3O2. The molecule has 0 saturated heterocycles. The lowest BCUT2D eigenvalue weighted by Gasteiger charge is -2.07. The van der Waals surface area contributed by atoms with Gasteiger partial charge in [-0.1, -0.05) is 29.8 Å². The van der Waals surface area contributed by atoms with E-state index in [1.54, 1.807) is 18.3 Å². The minimum Gasteiger partial charge on any atom is -0.496 e. The Morgan fingerprint density at radius 3 is 2.96 bits per heavy atom. The lowest BCUT2D eigenvalue weighted by atomic mass is 10.2. The highest BCUT2D eigenvalue weighted by Crippen LogP contribution is 2.22. The molecule has 0 radical (unpaired) electrons.